The lowest BCUT2D eigenvalue weighted by atomic mass is 9.92. The molecule has 1 atom stereocenters. The van der Waals surface area contributed by atoms with Crippen LogP contribution in [-0.4, -0.2) is 18.4 Å². The van der Waals surface area contributed by atoms with Gasteiger partial charge < -0.3 is 20.3 Å². The molecule has 0 aliphatic carbocycles. The molecular weight excluding hydrogens is 290 g/mol. The van der Waals surface area contributed by atoms with Gasteiger partial charge in [-0.15, -0.1) is 0 Å². The normalized spacial score (nSPS) is 14.2. The number of aromatic hydroxyl groups is 1. The zero-order valence-corrected chi connectivity index (χ0v) is 12.1. The monoisotopic (exact) mass is 305 g/mol. The van der Waals surface area contributed by atoms with Gasteiger partial charge in [0.2, 0.25) is 6.79 Å². The van der Waals surface area contributed by atoms with Gasteiger partial charge in [-0.2, -0.15) is 0 Å². The highest BCUT2D eigenvalue weighted by molar-refractivity contribution is 6.32. The van der Waals surface area contributed by atoms with Gasteiger partial charge in [-0.25, -0.2) is 0 Å². The van der Waals surface area contributed by atoms with E-state index >= 15 is 0 Å². The molecule has 0 saturated heterocycles. The van der Waals surface area contributed by atoms with Crippen LogP contribution in [0.5, 0.6) is 17.2 Å². The molecule has 3 N–H and O–H groups in total. The number of hydrogen-bond acceptors (Lipinski definition) is 4. The van der Waals surface area contributed by atoms with Crippen molar-refractivity contribution in [2.24, 2.45) is 5.73 Å². The molecule has 0 amide bonds. The van der Waals surface area contributed by atoms with Gasteiger partial charge in [0, 0.05) is 5.92 Å². The van der Waals surface area contributed by atoms with Gasteiger partial charge in [-0.3, -0.25) is 0 Å². The van der Waals surface area contributed by atoms with E-state index in [2.05, 4.69) is 0 Å². The number of benzene rings is 2. The van der Waals surface area contributed by atoms with Crippen LogP contribution < -0.4 is 15.2 Å². The van der Waals surface area contributed by atoms with E-state index in [-0.39, 0.29) is 18.5 Å². The summed E-state index contributed by atoms with van der Waals surface area (Å²) in [5.74, 6) is 1.77. The maximum absolute atomic E-state index is 9.47. The van der Waals surface area contributed by atoms with E-state index in [0.717, 1.165) is 29.0 Å². The summed E-state index contributed by atoms with van der Waals surface area (Å²) < 4.78 is 10.7. The van der Waals surface area contributed by atoms with Crippen LogP contribution in [0.1, 0.15) is 17.0 Å². The van der Waals surface area contributed by atoms with Crippen molar-refractivity contribution in [2.45, 2.75) is 12.3 Å². The van der Waals surface area contributed by atoms with Crippen molar-refractivity contribution in [1.29, 1.82) is 0 Å². The van der Waals surface area contributed by atoms with Crippen LogP contribution in [0.15, 0.2) is 36.4 Å². The third-order valence-electron chi connectivity index (χ3n) is 3.65. The van der Waals surface area contributed by atoms with Crippen LogP contribution in [0.4, 0.5) is 0 Å². The fourth-order valence-corrected chi connectivity index (χ4v) is 2.67. The van der Waals surface area contributed by atoms with Crippen molar-refractivity contribution in [3.05, 3.63) is 52.5 Å². The molecule has 1 aliphatic rings. The Morgan fingerprint density at radius 3 is 2.71 bits per heavy atom. The molecule has 110 valence electrons. The van der Waals surface area contributed by atoms with E-state index in [1.54, 1.807) is 12.1 Å². The summed E-state index contributed by atoms with van der Waals surface area (Å²) in [5.41, 5.74) is 8.05. The van der Waals surface area contributed by atoms with Crippen molar-refractivity contribution in [3.8, 4) is 17.2 Å². The second-order valence-electron chi connectivity index (χ2n) is 5.04. The Hall–Kier alpha value is -1.91. The first kappa shape index (κ1) is 14.0. The minimum atomic E-state index is 0.0906. The number of nitrogens with two attached hydrogens (primary N) is 1. The fraction of sp³-hybridized carbons (Fsp3) is 0.250. The summed E-state index contributed by atoms with van der Waals surface area (Å²) in [6, 6.07) is 11.1. The number of phenolic OH excluding ortho intramolecular Hbond substituents is 1. The minimum absolute atomic E-state index is 0.0906. The third kappa shape index (κ3) is 2.91. The zero-order valence-electron chi connectivity index (χ0n) is 11.4. The van der Waals surface area contributed by atoms with E-state index < -0.39 is 0 Å². The Morgan fingerprint density at radius 1 is 1.14 bits per heavy atom. The maximum atomic E-state index is 9.47. The fourth-order valence-electron chi connectivity index (χ4n) is 2.47. The topological polar surface area (TPSA) is 64.7 Å². The van der Waals surface area contributed by atoms with Gasteiger partial charge >= 0.3 is 0 Å². The van der Waals surface area contributed by atoms with Crippen molar-refractivity contribution in [1.82, 2.24) is 0 Å². The van der Waals surface area contributed by atoms with Gasteiger partial charge in [0.05, 0.1) is 5.02 Å². The largest absolute Gasteiger partial charge is 0.506 e. The molecule has 21 heavy (non-hydrogen) atoms. The smallest absolute Gasteiger partial charge is 0.231 e. The van der Waals surface area contributed by atoms with Gasteiger partial charge in [0.15, 0.2) is 11.5 Å². The highest BCUT2D eigenvalue weighted by Gasteiger charge is 2.18. The van der Waals surface area contributed by atoms with Crippen LogP contribution in [0.25, 0.3) is 0 Å². The molecular formula is C16H16ClNO3. The molecule has 0 saturated carbocycles. The van der Waals surface area contributed by atoms with Gasteiger partial charge in [0.1, 0.15) is 5.75 Å². The second-order valence-corrected chi connectivity index (χ2v) is 5.44. The summed E-state index contributed by atoms with van der Waals surface area (Å²) in [4.78, 5) is 0. The van der Waals surface area contributed by atoms with Gasteiger partial charge in [0.25, 0.3) is 0 Å². The molecule has 1 heterocycles. The van der Waals surface area contributed by atoms with Crippen LogP contribution in [0.3, 0.4) is 0 Å². The summed E-state index contributed by atoms with van der Waals surface area (Å²) in [5, 5.41) is 9.83. The third-order valence-corrected chi connectivity index (χ3v) is 3.95. The number of ether oxygens (including phenoxy) is 2. The highest BCUT2D eigenvalue weighted by Crippen LogP contribution is 2.35. The lowest BCUT2D eigenvalue weighted by Gasteiger charge is -2.16. The van der Waals surface area contributed by atoms with E-state index in [1.165, 1.54) is 0 Å². The molecule has 0 fully saturated rings. The summed E-state index contributed by atoms with van der Waals surface area (Å²) in [7, 11) is 0. The lowest BCUT2D eigenvalue weighted by molar-refractivity contribution is 0.174. The van der Waals surface area contributed by atoms with Crippen molar-refractivity contribution in [2.75, 3.05) is 13.3 Å². The van der Waals surface area contributed by atoms with Gasteiger partial charge in [-0.1, -0.05) is 23.7 Å². The predicted molar refractivity (Wildman–Crippen MR) is 81.2 cm³/mol. The molecule has 3 rings (SSSR count). The van der Waals surface area contributed by atoms with Crippen LogP contribution in [0.2, 0.25) is 5.02 Å². The number of phenols is 1. The zero-order chi connectivity index (χ0) is 14.8. The molecule has 0 aromatic heterocycles. The SMILES string of the molecule is NCC(Cc1ccc(O)c(Cl)c1)c1ccc2c(c1)OCO2. The maximum Gasteiger partial charge on any atom is 0.231 e. The van der Waals surface area contributed by atoms with E-state index in [9.17, 15) is 5.11 Å². The Labute approximate surface area is 128 Å². The van der Waals surface area contributed by atoms with Crippen molar-refractivity contribution >= 4 is 11.6 Å². The molecule has 2 aromatic carbocycles. The van der Waals surface area contributed by atoms with Crippen molar-refractivity contribution < 1.29 is 14.6 Å². The first-order valence-electron chi connectivity index (χ1n) is 6.74. The van der Waals surface area contributed by atoms with Crippen molar-refractivity contribution in [3.63, 3.8) is 0 Å². The Kier molecular flexibility index (Phi) is 3.90. The Morgan fingerprint density at radius 2 is 1.95 bits per heavy atom. The second kappa shape index (κ2) is 5.84. The van der Waals surface area contributed by atoms with Crippen LogP contribution in [-0.2, 0) is 6.42 Å². The number of fused-ring (bicyclic) bond motifs is 1. The minimum Gasteiger partial charge on any atom is -0.506 e. The Bertz CT molecular complexity index is 660. The molecule has 5 heteroatoms. The summed E-state index contributed by atoms with van der Waals surface area (Å²) in [6.07, 6.45) is 0.746. The first-order chi connectivity index (χ1) is 10.2. The number of halogens is 1. The highest BCUT2D eigenvalue weighted by atomic mass is 35.5. The molecule has 0 bridgehead atoms. The Balaban J connectivity index is 1.83. The summed E-state index contributed by atoms with van der Waals surface area (Å²) in [6.45, 7) is 0.776. The lowest BCUT2D eigenvalue weighted by Crippen LogP contribution is -2.15. The van der Waals surface area contributed by atoms with Crippen LogP contribution >= 0.6 is 11.6 Å². The molecule has 1 unspecified atom stereocenters. The van der Waals surface area contributed by atoms with E-state index in [0.29, 0.717) is 11.6 Å². The standard InChI is InChI=1S/C16H16ClNO3/c17-13-6-10(1-3-14(13)19)5-12(8-18)11-2-4-15-16(7-11)21-9-20-15/h1-4,6-7,12,19H,5,8-9,18H2. The summed E-state index contributed by atoms with van der Waals surface area (Å²) >= 11 is 5.95. The molecule has 0 radical (unpaired) electrons. The molecule has 2 aromatic rings. The molecule has 4 nitrogen and oxygen atoms in total. The number of rotatable bonds is 4. The van der Waals surface area contributed by atoms with Crippen LogP contribution in [0, 0.1) is 0 Å². The molecule has 0 spiro atoms. The average molecular weight is 306 g/mol. The quantitative estimate of drug-likeness (QED) is 0.911. The number of hydrogen-bond donors (Lipinski definition) is 2. The van der Waals surface area contributed by atoms with E-state index in [1.807, 2.05) is 24.3 Å². The molecule has 1 aliphatic heterocycles. The first-order valence-corrected chi connectivity index (χ1v) is 7.12. The average Bonchev–Trinajstić information content (AvgIpc) is 2.95. The van der Waals surface area contributed by atoms with Gasteiger partial charge in [-0.05, 0) is 48.4 Å². The van der Waals surface area contributed by atoms with E-state index in [4.69, 9.17) is 26.8 Å². The predicted octanol–water partition coefficient (Wildman–Crippen LogP) is 3.06.